The maximum Gasteiger partial charge on any atom is 0.256 e. The molecule has 2 aromatic carbocycles. The summed E-state index contributed by atoms with van der Waals surface area (Å²) in [4.78, 5) is 14.9. The largest absolute Gasteiger partial charge is 0.491 e. The van der Waals surface area contributed by atoms with Crippen molar-refractivity contribution < 1.29 is 9.53 Å². The molecular formula is C18H18N4O2. The predicted octanol–water partition coefficient (Wildman–Crippen LogP) is 2.64. The van der Waals surface area contributed by atoms with Crippen LogP contribution >= 0.6 is 0 Å². The molecular weight excluding hydrogens is 304 g/mol. The molecule has 0 radical (unpaired) electrons. The van der Waals surface area contributed by atoms with E-state index in [1.807, 2.05) is 47.4 Å². The number of hydrogen-bond acceptors (Lipinski definition) is 4. The van der Waals surface area contributed by atoms with Gasteiger partial charge in [0.1, 0.15) is 23.4 Å². The second-order valence-corrected chi connectivity index (χ2v) is 5.92. The number of nitrogens with one attached hydrogen (secondary N) is 1. The molecule has 6 heteroatoms. The highest BCUT2D eigenvalue weighted by Crippen LogP contribution is 2.24. The number of aromatic amines is 1. The predicted molar refractivity (Wildman–Crippen MR) is 89.9 cm³/mol. The third-order valence-electron chi connectivity index (χ3n) is 4.40. The van der Waals surface area contributed by atoms with Crippen LogP contribution in [0, 0.1) is 0 Å². The molecule has 1 amide bonds. The fourth-order valence-corrected chi connectivity index (χ4v) is 3.18. The summed E-state index contributed by atoms with van der Waals surface area (Å²) < 4.78 is 5.85. The van der Waals surface area contributed by atoms with Crippen molar-refractivity contribution >= 4 is 16.9 Å². The van der Waals surface area contributed by atoms with Crippen LogP contribution < -0.4 is 4.74 Å². The lowest BCUT2D eigenvalue weighted by molar-refractivity contribution is 0.0693. The summed E-state index contributed by atoms with van der Waals surface area (Å²) in [6.45, 7) is 1.25. The van der Waals surface area contributed by atoms with Gasteiger partial charge in [-0.1, -0.05) is 24.3 Å². The summed E-state index contributed by atoms with van der Waals surface area (Å²) in [6.07, 6.45) is 1.94. The second kappa shape index (κ2) is 6.31. The van der Waals surface area contributed by atoms with Crippen LogP contribution in [0.5, 0.6) is 5.75 Å². The lowest BCUT2D eigenvalue weighted by Crippen LogP contribution is -2.39. The molecule has 122 valence electrons. The first-order valence-corrected chi connectivity index (χ1v) is 8.11. The van der Waals surface area contributed by atoms with E-state index in [1.165, 1.54) is 0 Å². The molecule has 1 aromatic heterocycles. The van der Waals surface area contributed by atoms with E-state index in [0.29, 0.717) is 23.2 Å². The van der Waals surface area contributed by atoms with Crippen molar-refractivity contribution in [1.29, 1.82) is 0 Å². The summed E-state index contributed by atoms with van der Waals surface area (Å²) in [7, 11) is 0. The highest BCUT2D eigenvalue weighted by Gasteiger charge is 2.31. The minimum atomic E-state index is -0.00587. The zero-order valence-corrected chi connectivity index (χ0v) is 13.2. The van der Waals surface area contributed by atoms with Gasteiger partial charge >= 0.3 is 0 Å². The molecule has 0 bridgehead atoms. The monoisotopic (exact) mass is 322 g/mol. The van der Waals surface area contributed by atoms with E-state index in [1.54, 1.807) is 6.07 Å². The average molecular weight is 322 g/mol. The summed E-state index contributed by atoms with van der Waals surface area (Å²) >= 11 is 0. The first-order valence-electron chi connectivity index (χ1n) is 8.11. The number of benzene rings is 2. The maximum absolute atomic E-state index is 13.0. The molecule has 1 atom stereocenters. The van der Waals surface area contributed by atoms with Gasteiger partial charge in [0.25, 0.3) is 5.91 Å². The molecule has 4 rings (SSSR count). The van der Waals surface area contributed by atoms with Gasteiger partial charge in [-0.3, -0.25) is 4.79 Å². The van der Waals surface area contributed by atoms with E-state index in [4.69, 9.17) is 4.74 Å². The number of carbonyl (C=O) groups excluding carboxylic acids is 1. The molecule has 1 saturated heterocycles. The SMILES string of the molecule is O=C(c1cccc2n[nH]nc12)N1CCC[C@@H]1COc1ccccc1. The zero-order valence-electron chi connectivity index (χ0n) is 13.2. The van der Waals surface area contributed by atoms with E-state index >= 15 is 0 Å². The molecule has 0 aliphatic carbocycles. The van der Waals surface area contributed by atoms with Crippen molar-refractivity contribution in [3.8, 4) is 5.75 Å². The number of rotatable bonds is 4. The number of para-hydroxylation sites is 2. The summed E-state index contributed by atoms with van der Waals surface area (Å²) in [5, 5.41) is 10.8. The Morgan fingerprint density at radius 2 is 2.04 bits per heavy atom. The van der Waals surface area contributed by atoms with Gasteiger partial charge < -0.3 is 9.64 Å². The quantitative estimate of drug-likeness (QED) is 0.801. The molecule has 24 heavy (non-hydrogen) atoms. The van der Waals surface area contributed by atoms with E-state index in [9.17, 15) is 4.79 Å². The van der Waals surface area contributed by atoms with Crippen molar-refractivity contribution in [2.45, 2.75) is 18.9 Å². The Bertz CT molecular complexity index is 846. The second-order valence-electron chi connectivity index (χ2n) is 5.92. The normalized spacial score (nSPS) is 17.3. The van der Waals surface area contributed by atoms with E-state index in [2.05, 4.69) is 15.4 Å². The Balaban J connectivity index is 1.52. The first-order chi connectivity index (χ1) is 11.8. The fraction of sp³-hybridized carbons (Fsp3) is 0.278. The van der Waals surface area contributed by atoms with Crippen LogP contribution in [0.15, 0.2) is 48.5 Å². The number of nitrogens with zero attached hydrogens (tertiary/aromatic N) is 3. The molecule has 6 nitrogen and oxygen atoms in total. The van der Waals surface area contributed by atoms with Gasteiger partial charge in [0.2, 0.25) is 0 Å². The zero-order chi connectivity index (χ0) is 16.4. The number of aromatic nitrogens is 3. The Morgan fingerprint density at radius 1 is 1.17 bits per heavy atom. The van der Waals surface area contributed by atoms with E-state index in [-0.39, 0.29) is 11.9 Å². The van der Waals surface area contributed by atoms with Crippen LogP contribution in [0.2, 0.25) is 0 Å². The van der Waals surface area contributed by atoms with Crippen molar-refractivity contribution in [3.63, 3.8) is 0 Å². The fourth-order valence-electron chi connectivity index (χ4n) is 3.18. The molecule has 1 fully saturated rings. The minimum absolute atomic E-state index is 0.00587. The molecule has 0 spiro atoms. The highest BCUT2D eigenvalue weighted by atomic mass is 16.5. The van der Waals surface area contributed by atoms with Gasteiger partial charge in [0.15, 0.2) is 0 Å². The van der Waals surface area contributed by atoms with E-state index in [0.717, 1.165) is 25.1 Å². The van der Waals surface area contributed by atoms with Crippen molar-refractivity contribution in [2.75, 3.05) is 13.2 Å². The standard InChI is InChI=1S/C18H18N4O2/c23-18(15-9-4-10-16-17(15)20-21-19-16)22-11-5-6-13(22)12-24-14-7-2-1-3-8-14/h1-4,7-10,13H,5-6,11-12H2,(H,19,20,21)/t13-/m1/s1. The molecule has 3 aromatic rings. The average Bonchev–Trinajstić information content (AvgIpc) is 3.29. The molecule has 0 unspecified atom stereocenters. The van der Waals surface area contributed by atoms with Crippen LogP contribution in [-0.2, 0) is 0 Å². The number of likely N-dealkylation sites (tertiary alicyclic amines) is 1. The topological polar surface area (TPSA) is 71.1 Å². The van der Waals surface area contributed by atoms with Crippen LogP contribution in [0.1, 0.15) is 23.2 Å². The number of hydrogen-bond donors (Lipinski definition) is 1. The number of carbonyl (C=O) groups is 1. The van der Waals surface area contributed by atoms with Gasteiger partial charge in [0.05, 0.1) is 11.6 Å². The van der Waals surface area contributed by atoms with Gasteiger partial charge in [-0.15, -0.1) is 0 Å². The van der Waals surface area contributed by atoms with Crippen molar-refractivity contribution in [3.05, 3.63) is 54.1 Å². The van der Waals surface area contributed by atoms with Gasteiger partial charge in [-0.2, -0.15) is 15.4 Å². The number of fused-ring (bicyclic) bond motifs is 1. The Hall–Kier alpha value is -2.89. The minimum Gasteiger partial charge on any atom is -0.491 e. The molecule has 2 heterocycles. The lowest BCUT2D eigenvalue weighted by atomic mass is 10.1. The number of amides is 1. The first kappa shape index (κ1) is 14.7. The van der Waals surface area contributed by atoms with Gasteiger partial charge in [-0.05, 0) is 37.1 Å². The summed E-state index contributed by atoms with van der Waals surface area (Å²) in [5.74, 6) is 0.823. The summed E-state index contributed by atoms with van der Waals surface area (Å²) in [6, 6.07) is 15.3. The third-order valence-corrected chi connectivity index (χ3v) is 4.40. The Labute approximate surface area is 139 Å². The smallest absolute Gasteiger partial charge is 0.256 e. The molecule has 1 aliphatic rings. The van der Waals surface area contributed by atoms with Gasteiger partial charge in [-0.25, -0.2) is 0 Å². The van der Waals surface area contributed by atoms with E-state index < -0.39 is 0 Å². The van der Waals surface area contributed by atoms with Crippen molar-refractivity contribution in [1.82, 2.24) is 20.3 Å². The third kappa shape index (κ3) is 2.71. The van der Waals surface area contributed by atoms with Crippen LogP contribution in [0.3, 0.4) is 0 Å². The maximum atomic E-state index is 13.0. The number of ether oxygens (including phenoxy) is 1. The van der Waals surface area contributed by atoms with Gasteiger partial charge in [0, 0.05) is 6.54 Å². The van der Waals surface area contributed by atoms with Crippen LogP contribution in [0.4, 0.5) is 0 Å². The molecule has 1 aliphatic heterocycles. The van der Waals surface area contributed by atoms with Crippen LogP contribution in [0.25, 0.3) is 11.0 Å². The highest BCUT2D eigenvalue weighted by molar-refractivity contribution is 6.04. The summed E-state index contributed by atoms with van der Waals surface area (Å²) in [5.41, 5.74) is 1.92. The number of H-pyrrole nitrogens is 1. The Kier molecular flexibility index (Phi) is 3.86. The van der Waals surface area contributed by atoms with Crippen molar-refractivity contribution in [2.24, 2.45) is 0 Å². The Morgan fingerprint density at radius 3 is 2.92 bits per heavy atom. The molecule has 0 saturated carbocycles. The lowest BCUT2D eigenvalue weighted by Gasteiger charge is -2.25. The van der Waals surface area contributed by atoms with Crippen LogP contribution in [-0.4, -0.2) is 45.4 Å². The molecule has 1 N–H and O–H groups in total.